The SMILES string of the molecule is [NH3+]O[S+]([O])(=O)c1cc(Cl)c(O)c([N+](=O)[O-])c1. The summed E-state index contributed by atoms with van der Waals surface area (Å²) in [6, 6.07) is 1.45. The van der Waals surface area contributed by atoms with Crippen molar-refractivity contribution in [1.29, 1.82) is 0 Å². The van der Waals surface area contributed by atoms with Crippen LogP contribution in [0.5, 0.6) is 5.75 Å². The molecule has 1 aromatic rings. The lowest BCUT2D eigenvalue weighted by molar-refractivity contribution is -0.637. The van der Waals surface area contributed by atoms with E-state index in [9.17, 15) is 24.0 Å². The number of nitro groups is 1. The van der Waals surface area contributed by atoms with Crippen LogP contribution in [-0.2, 0) is 23.5 Å². The van der Waals surface area contributed by atoms with Gasteiger partial charge in [-0.15, -0.1) is 0 Å². The molecule has 0 fully saturated rings. The predicted molar refractivity (Wildman–Crippen MR) is 50.7 cm³/mol. The van der Waals surface area contributed by atoms with Gasteiger partial charge in [0.2, 0.25) is 10.6 Å². The number of quaternary nitrogens is 1. The largest absolute Gasteiger partial charge is 0.501 e. The van der Waals surface area contributed by atoms with Gasteiger partial charge >= 0.3 is 16.2 Å². The second-order valence-electron chi connectivity index (χ2n) is 2.60. The van der Waals surface area contributed by atoms with Crippen LogP contribution in [-0.4, -0.2) is 10.0 Å². The zero-order valence-electron chi connectivity index (χ0n) is 7.58. The molecule has 1 atom stereocenters. The van der Waals surface area contributed by atoms with Crippen LogP contribution in [0.2, 0.25) is 5.02 Å². The molecule has 0 aliphatic carbocycles. The summed E-state index contributed by atoms with van der Waals surface area (Å²) < 4.78 is 26.3. The first-order valence-electron chi connectivity index (χ1n) is 3.65. The Morgan fingerprint density at radius 3 is 2.56 bits per heavy atom. The summed E-state index contributed by atoms with van der Waals surface area (Å²) in [5, 5.41) is 19.2. The van der Waals surface area contributed by atoms with Crippen molar-refractivity contribution in [3.8, 4) is 5.75 Å². The summed E-state index contributed by atoms with van der Waals surface area (Å²) in [5.41, 5.74) is -0.830. The molecule has 87 valence electrons. The molecule has 0 aromatic heterocycles. The Kier molecular flexibility index (Phi) is 3.45. The maximum Gasteiger partial charge on any atom is 0.482 e. The van der Waals surface area contributed by atoms with Gasteiger partial charge in [0.15, 0.2) is 0 Å². The quantitative estimate of drug-likeness (QED) is 0.460. The minimum atomic E-state index is -4.20. The van der Waals surface area contributed by atoms with Gasteiger partial charge in [-0.1, -0.05) is 11.6 Å². The van der Waals surface area contributed by atoms with Crippen molar-refractivity contribution in [1.82, 2.24) is 0 Å². The normalized spacial score (nSPS) is 14.4. The molecular weight excluding hydrogens is 264 g/mol. The fourth-order valence-electron chi connectivity index (χ4n) is 0.912. The number of halogens is 1. The Bertz CT molecular complexity index is 492. The zero-order valence-corrected chi connectivity index (χ0v) is 9.16. The Morgan fingerprint density at radius 1 is 1.56 bits per heavy atom. The highest BCUT2D eigenvalue weighted by Crippen LogP contribution is 2.37. The van der Waals surface area contributed by atoms with E-state index in [1.165, 1.54) is 0 Å². The summed E-state index contributed by atoms with van der Waals surface area (Å²) in [6.45, 7) is 0. The van der Waals surface area contributed by atoms with E-state index in [1.807, 2.05) is 0 Å². The van der Waals surface area contributed by atoms with Crippen LogP contribution in [0.25, 0.3) is 0 Å². The first-order chi connectivity index (χ1) is 7.29. The summed E-state index contributed by atoms with van der Waals surface area (Å²) in [6.07, 6.45) is 0. The van der Waals surface area contributed by atoms with Gasteiger partial charge in [0.05, 0.1) is 24.8 Å². The van der Waals surface area contributed by atoms with E-state index in [-0.39, 0.29) is 0 Å². The minimum absolute atomic E-state index is 0.468. The van der Waals surface area contributed by atoms with Gasteiger partial charge in [0.25, 0.3) is 0 Å². The summed E-state index contributed by atoms with van der Waals surface area (Å²) >= 11 is 5.43. The molecule has 1 aromatic carbocycles. The van der Waals surface area contributed by atoms with E-state index in [4.69, 9.17) is 11.6 Å². The molecule has 8 nitrogen and oxygen atoms in total. The maximum absolute atomic E-state index is 11.2. The molecule has 0 aliphatic heterocycles. The van der Waals surface area contributed by atoms with Crippen LogP contribution in [0, 0.1) is 10.1 Å². The van der Waals surface area contributed by atoms with Crippen molar-refractivity contribution >= 4 is 27.8 Å². The predicted octanol–water partition coefficient (Wildman–Crippen LogP) is 0.246. The fourth-order valence-corrected chi connectivity index (χ4v) is 1.85. The van der Waals surface area contributed by atoms with Crippen LogP contribution in [0.4, 0.5) is 5.69 Å². The third kappa shape index (κ3) is 2.28. The molecule has 16 heavy (non-hydrogen) atoms. The van der Waals surface area contributed by atoms with E-state index in [0.29, 0.717) is 6.07 Å². The van der Waals surface area contributed by atoms with Crippen molar-refractivity contribution in [2.45, 2.75) is 4.90 Å². The Labute approximate surface area is 95.1 Å². The fraction of sp³-hybridized carbons (Fsp3) is 0. The van der Waals surface area contributed by atoms with Gasteiger partial charge in [0, 0.05) is 6.07 Å². The molecule has 0 bridgehead atoms. The van der Waals surface area contributed by atoms with Gasteiger partial charge in [-0.2, -0.15) is 5.90 Å². The zero-order chi connectivity index (χ0) is 12.5. The number of rotatable bonds is 3. The van der Waals surface area contributed by atoms with Crippen molar-refractivity contribution < 1.29 is 29.0 Å². The van der Waals surface area contributed by atoms with E-state index in [0.717, 1.165) is 6.07 Å². The lowest BCUT2D eigenvalue weighted by Gasteiger charge is -1.99. The molecule has 0 heterocycles. The Balaban J connectivity index is 3.47. The highest BCUT2D eigenvalue weighted by Gasteiger charge is 2.40. The highest BCUT2D eigenvalue weighted by atomic mass is 35.5. The third-order valence-electron chi connectivity index (χ3n) is 1.66. The molecule has 1 unspecified atom stereocenters. The average molecular weight is 270 g/mol. The summed E-state index contributed by atoms with van der Waals surface area (Å²) in [7, 11) is -4.20. The Hall–Kier alpha value is -1.26. The number of aromatic hydroxyl groups is 1. The number of hydrogen-bond acceptors (Lipinski definition) is 5. The second kappa shape index (κ2) is 4.31. The van der Waals surface area contributed by atoms with Crippen LogP contribution in [0.1, 0.15) is 0 Å². The van der Waals surface area contributed by atoms with Crippen molar-refractivity contribution in [2.75, 3.05) is 0 Å². The minimum Gasteiger partial charge on any atom is -0.501 e. The maximum atomic E-state index is 11.2. The van der Waals surface area contributed by atoms with Gasteiger partial charge < -0.3 is 5.11 Å². The molecule has 1 radical (unpaired) electrons. The lowest BCUT2D eigenvalue weighted by Crippen LogP contribution is -2.52. The first kappa shape index (κ1) is 12.8. The van der Waals surface area contributed by atoms with E-state index in [1.54, 1.807) is 0 Å². The molecule has 10 heteroatoms. The van der Waals surface area contributed by atoms with Gasteiger partial charge in [0.1, 0.15) is 0 Å². The average Bonchev–Trinajstić information content (AvgIpc) is 2.21. The van der Waals surface area contributed by atoms with E-state index >= 15 is 0 Å². The van der Waals surface area contributed by atoms with Crippen LogP contribution < -0.4 is 5.90 Å². The summed E-state index contributed by atoms with van der Waals surface area (Å²) in [5.74, 6) is 1.89. The van der Waals surface area contributed by atoms with Crippen LogP contribution in [0.3, 0.4) is 0 Å². The van der Waals surface area contributed by atoms with Crippen LogP contribution >= 0.6 is 11.6 Å². The number of benzene rings is 1. The van der Waals surface area contributed by atoms with Gasteiger partial charge in [-0.3, -0.25) is 10.1 Å². The molecule has 0 saturated heterocycles. The van der Waals surface area contributed by atoms with Crippen molar-refractivity contribution in [3.63, 3.8) is 0 Å². The molecular formula is C6H6ClN2O6S+2. The lowest BCUT2D eigenvalue weighted by atomic mass is 10.3. The summed E-state index contributed by atoms with van der Waals surface area (Å²) in [4.78, 5) is 8.95. The molecule has 0 spiro atoms. The van der Waals surface area contributed by atoms with Crippen molar-refractivity contribution in [2.24, 2.45) is 0 Å². The molecule has 0 amide bonds. The third-order valence-corrected chi connectivity index (χ3v) is 3.07. The second-order valence-corrected chi connectivity index (χ2v) is 4.62. The number of phenols is 1. The number of hydrogen-bond donors (Lipinski definition) is 2. The standard InChI is InChI=1S/C6H5ClN2O6S/c7-4-1-3(16(13,14)15-8)2-5(6(4)10)9(11)12/h1-2H,8H3/q+1/p+1. The molecule has 1 rings (SSSR count). The monoisotopic (exact) mass is 269 g/mol. The first-order valence-corrected chi connectivity index (χ1v) is 5.44. The van der Waals surface area contributed by atoms with E-state index < -0.39 is 36.8 Å². The topological polar surface area (TPSA) is 137 Å². The number of phenolic OH excluding ortho intramolecular Hbond substituents is 1. The smallest absolute Gasteiger partial charge is 0.482 e. The van der Waals surface area contributed by atoms with Gasteiger partial charge in [-0.25, -0.2) is 0 Å². The van der Waals surface area contributed by atoms with Gasteiger partial charge in [-0.05, 0) is 4.21 Å². The van der Waals surface area contributed by atoms with Crippen molar-refractivity contribution in [3.05, 3.63) is 27.3 Å². The van der Waals surface area contributed by atoms with Crippen LogP contribution in [0.15, 0.2) is 17.0 Å². The molecule has 4 N–H and O–H groups in total. The molecule has 0 saturated carbocycles. The number of nitrogens with zero attached hydrogens (tertiary/aromatic N) is 1. The number of nitro benzene ring substituents is 1. The Morgan fingerprint density at radius 2 is 2.12 bits per heavy atom. The molecule has 0 aliphatic rings. The van der Waals surface area contributed by atoms with E-state index in [2.05, 4.69) is 10.2 Å². The highest BCUT2D eigenvalue weighted by molar-refractivity contribution is 7.92.